The van der Waals surface area contributed by atoms with Crippen molar-refractivity contribution < 1.29 is 0 Å². The van der Waals surface area contributed by atoms with Crippen molar-refractivity contribution in [1.29, 1.82) is 0 Å². The first-order valence-corrected chi connectivity index (χ1v) is 8.04. The molecule has 118 valence electrons. The first kappa shape index (κ1) is 16.5. The Bertz CT molecular complexity index is 477. The highest BCUT2D eigenvalue weighted by molar-refractivity contribution is 5.32. The van der Waals surface area contributed by atoms with Gasteiger partial charge in [-0.3, -0.25) is 4.90 Å². The Labute approximate surface area is 130 Å². The average Bonchev–Trinajstić information content (AvgIpc) is 2.38. The lowest BCUT2D eigenvalue weighted by Crippen LogP contribution is -2.57. The number of nitrogens with two attached hydrogens (primary N) is 1. The lowest BCUT2D eigenvalue weighted by atomic mass is 9.75. The van der Waals surface area contributed by atoms with E-state index in [0.717, 1.165) is 6.54 Å². The fourth-order valence-corrected chi connectivity index (χ4v) is 3.45. The average molecular weight is 289 g/mol. The second-order valence-electron chi connectivity index (χ2n) is 6.98. The number of hydrogen-bond acceptors (Lipinski definition) is 3. The summed E-state index contributed by atoms with van der Waals surface area (Å²) in [7, 11) is 6.64. The van der Waals surface area contributed by atoms with Gasteiger partial charge in [-0.05, 0) is 70.9 Å². The molecule has 0 heterocycles. The van der Waals surface area contributed by atoms with E-state index in [9.17, 15) is 0 Å². The van der Waals surface area contributed by atoms with Gasteiger partial charge in [-0.15, -0.1) is 0 Å². The maximum atomic E-state index is 6.09. The van der Waals surface area contributed by atoms with E-state index < -0.39 is 0 Å². The molecule has 0 spiro atoms. The normalized spacial score (nSPS) is 18.9. The van der Waals surface area contributed by atoms with Gasteiger partial charge in [0.2, 0.25) is 0 Å². The molecule has 0 aromatic heterocycles. The summed E-state index contributed by atoms with van der Waals surface area (Å²) in [6.07, 6.45) is 3.95. The molecule has 2 rings (SSSR count). The topological polar surface area (TPSA) is 32.5 Å². The highest BCUT2D eigenvalue weighted by Crippen LogP contribution is 2.38. The number of likely N-dealkylation sites (N-methyl/N-ethyl adjacent to an activating group) is 2. The molecular formula is C18H31N3. The van der Waals surface area contributed by atoms with Crippen molar-refractivity contribution in [2.45, 2.75) is 44.7 Å². The van der Waals surface area contributed by atoms with Crippen LogP contribution < -0.4 is 5.73 Å². The summed E-state index contributed by atoms with van der Waals surface area (Å²) in [6, 6.07) is 7.06. The van der Waals surface area contributed by atoms with E-state index in [1.807, 2.05) is 0 Å². The molecule has 1 unspecified atom stereocenters. The number of aryl methyl sites for hydroxylation is 2. The third kappa shape index (κ3) is 3.31. The molecule has 1 saturated carbocycles. The zero-order valence-electron chi connectivity index (χ0n) is 14.3. The van der Waals surface area contributed by atoms with Crippen molar-refractivity contribution in [2.24, 2.45) is 5.73 Å². The summed E-state index contributed by atoms with van der Waals surface area (Å²) in [5.74, 6) is 0. The van der Waals surface area contributed by atoms with Gasteiger partial charge < -0.3 is 10.6 Å². The Balaban J connectivity index is 2.14. The third-order valence-corrected chi connectivity index (χ3v) is 5.45. The van der Waals surface area contributed by atoms with Crippen LogP contribution in [0.1, 0.15) is 42.0 Å². The van der Waals surface area contributed by atoms with E-state index >= 15 is 0 Å². The molecule has 0 bridgehead atoms. The van der Waals surface area contributed by atoms with Gasteiger partial charge in [0.1, 0.15) is 0 Å². The van der Waals surface area contributed by atoms with Crippen LogP contribution in [0.3, 0.4) is 0 Å². The summed E-state index contributed by atoms with van der Waals surface area (Å²) < 4.78 is 0. The van der Waals surface area contributed by atoms with E-state index in [2.05, 4.69) is 63.0 Å². The van der Waals surface area contributed by atoms with Gasteiger partial charge in [0, 0.05) is 24.7 Å². The lowest BCUT2D eigenvalue weighted by molar-refractivity contribution is 0.0168. The zero-order valence-corrected chi connectivity index (χ0v) is 14.3. The van der Waals surface area contributed by atoms with E-state index in [0.29, 0.717) is 18.1 Å². The largest absolute Gasteiger partial charge is 0.329 e. The molecule has 0 aliphatic heterocycles. The highest BCUT2D eigenvalue weighted by atomic mass is 15.2. The van der Waals surface area contributed by atoms with Gasteiger partial charge >= 0.3 is 0 Å². The maximum absolute atomic E-state index is 6.09. The molecule has 0 amide bonds. The number of nitrogens with zero attached hydrogens (tertiary/aromatic N) is 2. The SMILES string of the molecule is Cc1ccc(C(CN)N(C)CC2(N(C)C)CCC2)cc1C. The smallest absolute Gasteiger partial charge is 0.0468 e. The molecule has 21 heavy (non-hydrogen) atoms. The predicted octanol–water partition coefficient (Wildman–Crippen LogP) is 2.72. The standard InChI is InChI=1S/C18H31N3/c1-14-7-8-16(11-15(14)2)17(12-19)21(5)13-18(20(3)4)9-6-10-18/h7-8,11,17H,6,9-10,12-13,19H2,1-5H3. The first-order valence-electron chi connectivity index (χ1n) is 8.04. The fraction of sp³-hybridized carbons (Fsp3) is 0.667. The Kier molecular flexibility index (Phi) is 5.07. The third-order valence-electron chi connectivity index (χ3n) is 5.45. The van der Waals surface area contributed by atoms with Crippen LogP contribution in [0, 0.1) is 13.8 Å². The highest BCUT2D eigenvalue weighted by Gasteiger charge is 2.40. The first-order chi connectivity index (χ1) is 9.89. The Morgan fingerprint density at radius 3 is 2.24 bits per heavy atom. The van der Waals surface area contributed by atoms with E-state index in [4.69, 9.17) is 5.73 Å². The summed E-state index contributed by atoms with van der Waals surface area (Å²) >= 11 is 0. The van der Waals surface area contributed by atoms with Gasteiger partial charge in [-0.25, -0.2) is 0 Å². The van der Waals surface area contributed by atoms with Crippen molar-refractivity contribution in [3.8, 4) is 0 Å². The lowest BCUT2D eigenvalue weighted by Gasteiger charge is -2.50. The van der Waals surface area contributed by atoms with Crippen molar-refractivity contribution in [3.63, 3.8) is 0 Å². The van der Waals surface area contributed by atoms with Crippen LogP contribution in [0.5, 0.6) is 0 Å². The molecule has 0 radical (unpaired) electrons. The Hall–Kier alpha value is -0.900. The quantitative estimate of drug-likeness (QED) is 0.874. The van der Waals surface area contributed by atoms with Crippen molar-refractivity contribution in [1.82, 2.24) is 9.80 Å². The van der Waals surface area contributed by atoms with Gasteiger partial charge in [0.25, 0.3) is 0 Å². The second kappa shape index (κ2) is 6.47. The fourth-order valence-electron chi connectivity index (χ4n) is 3.45. The zero-order chi connectivity index (χ0) is 15.6. The summed E-state index contributed by atoms with van der Waals surface area (Å²) in [5, 5.41) is 0. The summed E-state index contributed by atoms with van der Waals surface area (Å²) in [6.45, 7) is 6.10. The molecule has 1 aromatic carbocycles. The van der Waals surface area contributed by atoms with Crippen LogP contribution in [0.15, 0.2) is 18.2 Å². The van der Waals surface area contributed by atoms with Gasteiger partial charge in [0.05, 0.1) is 0 Å². The van der Waals surface area contributed by atoms with Crippen LogP contribution in [-0.4, -0.2) is 49.6 Å². The molecule has 1 atom stereocenters. The molecule has 1 fully saturated rings. The second-order valence-corrected chi connectivity index (χ2v) is 6.98. The minimum absolute atomic E-state index is 0.307. The van der Waals surface area contributed by atoms with Crippen LogP contribution in [0.2, 0.25) is 0 Å². The molecule has 0 saturated heterocycles. The molecular weight excluding hydrogens is 258 g/mol. The van der Waals surface area contributed by atoms with E-state index in [-0.39, 0.29) is 0 Å². The molecule has 2 N–H and O–H groups in total. The number of rotatable bonds is 6. The van der Waals surface area contributed by atoms with E-state index in [1.54, 1.807) is 0 Å². The van der Waals surface area contributed by atoms with Gasteiger partial charge in [0.15, 0.2) is 0 Å². The van der Waals surface area contributed by atoms with E-state index in [1.165, 1.54) is 36.0 Å². The Morgan fingerprint density at radius 2 is 1.81 bits per heavy atom. The van der Waals surface area contributed by atoms with Crippen molar-refractivity contribution in [3.05, 3.63) is 34.9 Å². The molecule has 1 aliphatic carbocycles. The monoisotopic (exact) mass is 289 g/mol. The minimum atomic E-state index is 0.307. The minimum Gasteiger partial charge on any atom is -0.329 e. The molecule has 3 heteroatoms. The predicted molar refractivity (Wildman–Crippen MR) is 90.6 cm³/mol. The summed E-state index contributed by atoms with van der Waals surface area (Å²) in [5.41, 5.74) is 10.5. The van der Waals surface area contributed by atoms with Crippen LogP contribution >= 0.6 is 0 Å². The molecule has 3 nitrogen and oxygen atoms in total. The maximum Gasteiger partial charge on any atom is 0.0468 e. The van der Waals surface area contributed by atoms with Gasteiger partial charge in [-0.1, -0.05) is 18.2 Å². The van der Waals surface area contributed by atoms with Crippen molar-refractivity contribution >= 4 is 0 Å². The molecule has 1 aromatic rings. The van der Waals surface area contributed by atoms with Crippen molar-refractivity contribution in [2.75, 3.05) is 34.2 Å². The molecule has 1 aliphatic rings. The van der Waals surface area contributed by atoms with Crippen LogP contribution in [0.4, 0.5) is 0 Å². The Morgan fingerprint density at radius 1 is 1.14 bits per heavy atom. The number of benzene rings is 1. The van der Waals surface area contributed by atoms with Gasteiger partial charge in [-0.2, -0.15) is 0 Å². The van der Waals surface area contributed by atoms with Crippen LogP contribution in [0.25, 0.3) is 0 Å². The van der Waals surface area contributed by atoms with Crippen LogP contribution in [-0.2, 0) is 0 Å². The summed E-state index contributed by atoms with van der Waals surface area (Å²) in [4.78, 5) is 4.85. The number of hydrogen-bond donors (Lipinski definition) is 1.